The summed E-state index contributed by atoms with van der Waals surface area (Å²) in [5.41, 5.74) is -1.40. The van der Waals surface area contributed by atoms with Gasteiger partial charge in [0, 0.05) is 6.54 Å². The third kappa shape index (κ3) is 4.10. The van der Waals surface area contributed by atoms with Gasteiger partial charge in [0.25, 0.3) is 0 Å². The molecule has 2 N–H and O–H groups in total. The Hall–Kier alpha value is -1.90. The molecule has 124 valence electrons. The predicted molar refractivity (Wildman–Crippen MR) is 77.5 cm³/mol. The maximum Gasteiger partial charge on any atom is 0.243 e. The molecule has 1 atom stereocenters. The van der Waals surface area contributed by atoms with Crippen LogP contribution in [0.15, 0.2) is 47.4 Å². The molecule has 8 heteroatoms. The molecule has 1 unspecified atom stereocenters. The summed E-state index contributed by atoms with van der Waals surface area (Å²) in [5.74, 6) is -2.52. The monoisotopic (exact) mass is 345 g/mol. The fraction of sp³-hybridized carbons (Fsp3) is 0.200. The Morgan fingerprint density at radius 3 is 2.22 bits per heavy atom. The minimum atomic E-state index is -4.36. The second kappa shape index (κ2) is 6.31. The van der Waals surface area contributed by atoms with Gasteiger partial charge in [-0.1, -0.05) is 12.1 Å². The lowest BCUT2D eigenvalue weighted by Crippen LogP contribution is -2.38. The van der Waals surface area contributed by atoms with Crippen molar-refractivity contribution in [3.8, 4) is 0 Å². The van der Waals surface area contributed by atoms with Gasteiger partial charge in [-0.25, -0.2) is 26.3 Å². The average molecular weight is 345 g/mol. The largest absolute Gasteiger partial charge is 0.384 e. The summed E-state index contributed by atoms with van der Waals surface area (Å²) in [5, 5.41) is 10.3. The van der Waals surface area contributed by atoms with Gasteiger partial charge in [0.2, 0.25) is 10.0 Å². The van der Waals surface area contributed by atoms with E-state index in [1.807, 2.05) is 4.72 Å². The molecular weight excluding hydrogens is 331 g/mol. The van der Waals surface area contributed by atoms with Crippen molar-refractivity contribution in [2.75, 3.05) is 6.54 Å². The minimum Gasteiger partial charge on any atom is -0.384 e. The van der Waals surface area contributed by atoms with Crippen LogP contribution in [0.1, 0.15) is 12.5 Å². The fourth-order valence-electron chi connectivity index (χ4n) is 1.91. The van der Waals surface area contributed by atoms with E-state index in [0.717, 1.165) is 18.2 Å². The van der Waals surface area contributed by atoms with Crippen molar-refractivity contribution < 1.29 is 26.7 Å². The SMILES string of the molecule is CC(O)(CNS(=O)(=O)c1cc(F)ccc1F)c1ccc(F)cc1. The fourth-order valence-corrected chi connectivity index (χ4v) is 3.13. The van der Waals surface area contributed by atoms with E-state index in [-0.39, 0.29) is 5.56 Å². The predicted octanol–water partition coefficient (Wildman–Crippen LogP) is 2.29. The van der Waals surface area contributed by atoms with Crippen molar-refractivity contribution >= 4 is 10.0 Å². The van der Waals surface area contributed by atoms with Crippen LogP contribution in [0.25, 0.3) is 0 Å². The maximum absolute atomic E-state index is 13.6. The highest BCUT2D eigenvalue weighted by atomic mass is 32.2. The van der Waals surface area contributed by atoms with Gasteiger partial charge >= 0.3 is 0 Å². The molecule has 0 aliphatic heterocycles. The molecule has 0 aliphatic rings. The molecule has 0 heterocycles. The van der Waals surface area contributed by atoms with Gasteiger partial charge in [0.15, 0.2) is 0 Å². The molecule has 2 rings (SSSR count). The first-order valence-corrected chi connectivity index (χ1v) is 8.03. The number of nitrogens with one attached hydrogen (secondary N) is 1. The zero-order chi connectivity index (χ0) is 17.3. The Balaban J connectivity index is 2.21. The maximum atomic E-state index is 13.6. The molecule has 0 saturated heterocycles. The van der Waals surface area contributed by atoms with Crippen molar-refractivity contribution in [1.82, 2.24) is 4.72 Å². The molecule has 0 amide bonds. The van der Waals surface area contributed by atoms with E-state index in [1.165, 1.54) is 19.1 Å². The molecule has 2 aromatic rings. The Bertz CT molecular complexity index is 805. The summed E-state index contributed by atoms with van der Waals surface area (Å²) in [6, 6.07) is 6.86. The number of hydrogen-bond acceptors (Lipinski definition) is 3. The van der Waals surface area contributed by atoms with Gasteiger partial charge in [0.05, 0.1) is 0 Å². The van der Waals surface area contributed by atoms with Crippen LogP contribution in [-0.4, -0.2) is 20.1 Å². The third-order valence-electron chi connectivity index (χ3n) is 3.26. The number of sulfonamides is 1. The van der Waals surface area contributed by atoms with Crippen LogP contribution >= 0.6 is 0 Å². The quantitative estimate of drug-likeness (QED) is 0.874. The smallest absolute Gasteiger partial charge is 0.243 e. The van der Waals surface area contributed by atoms with E-state index in [9.17, 15) is 26.7 Å². The summed E-state index contributed by atoms with van der Waals surface area (Å²) in [7, 11) is -4.36. The van der Waals surface area contributed by atoms with Crippen molar-refractivity contribution in [2.45, 2.75) is 17.4 Å². The first kappa shape index (κ1) is 17.5. The normalized spacial score (nSPS) is 14.5. The lowest BCUT2D eigenvalue weighted by Gasteiger charge is -2.24. The molecule has 0 spiro atoms. The molecule has 0 aliphatic carbocycles. The molecule has 23 heavy (non-hydrogen) atoms. The summed E-state index contributed by atoms with van der Waals surface area (Å²) in [6.45, 7) is 0.807. The van der Waals surface area contributed by atoms with E-state index < -0.39 is 44.5 Å². The highest BCUT2D eigenvalue weighted by Crippen LogP contribution is 2.22. The van der Waals surface area contributed by atoms with Crippen LogP contribution in [0.3, 0.4) is 0 Å². The number of benzene rings is 2. The molecule has 0 fully saturated rings. The van der Waals surface area contributed by atoms with Crippen LogP contribution in [0.5, 0.6) is 0 Å². The minimum absolute atomic E-state index is 0.265. The standard InChI is InChI=1S/C15H14F3NO3S/c1-15(20,10-2-4-11(16)5-3-10)9-19-23(21,22)14-8-12(17)6-7-13(14)18/h2-8,19-20H,9H2,1H3. The lowest BCUT2D eigenvalue weighted by molar-refractivity contribution is 0.0626. The van der Waals surface area contributed by atoms with Crippen molar-refractivity contribution in [1.29, 1.82) is 0 Å². The van der Waals surface area contributed by atoms with E-state index in [1.54, 1.807) is 0 Å². The van der Waals surface area contributed by atoms with Crippen molar-refractivity contribution in [3.05, 3.63) is 65.5 Å². The Labute approximate surface area is 131 Å². The van der Waals surface area contributed by atoms with Gasteiger partial charge in [-0.3, -0.25) is 0 Å². The number of halogens is 3. The van der Waals surface area contributed by atoms with Crippen LogP contribution in [-0.2, 0) is 15.6 Å². The first-order chi connectivity index (χ1) is 10.6. The Kier molecular flexibility index (Phi) is 4.79. The molecule has 0 saturated carbocycles. The highest BCUT2D eigenvalue weighted by molar-refractivity contribution is 7.89. The number of aliphatic hydroxyl groups is 1. The van der Waals surface area contributed by atoms with Gasteiger partial charge < -0.3 is 5.11 Å². The molecular formula is C15H14F3NO3S. The van der Waals surface area contributed by atoms with Gasteiger partial charge in [-0.05, 0) is 42.8 Å². The molecule has 0 aromatic heterocycles. The van der Waals surface area contributed by atoms with Gasteiger partial charge in [0.1, 0.15) is 27.9 Å². The van der Waals surface area contributed by atoms with E-state index in [2.05, 4.69) is 0 Å². The molecule has 0 bridgehead atoms. The highest BCUT2D eigenvalue weighted by Gasteiger charge is 2.27. The Morgan fingerprint density at radius 1 is 1.04 bits per heavy atom. The Morgan fingerprint density at radius 2 is 1.61 bits per heavy atom. The van der Waals surface area contributed by atoms with Crippen molar-refractivity contribution in [3.63, 3.8) is 0 Å². The number of rotatable bonds is 5. The van der Waals surface area contributed by atoms with Crippen LogP contribution in [0.2, 0.25) is 0 Å². The first-order valence-electron chi connectivity index (χ1n) is 6.55. The number of hydrogen-bond donors (Lipinski definition) is 2. The van der Waals surface area contributed by atoms with Crippen LogP contribution in [0, 0.1) is 17.5 Å². The zero-order valence-electron chi connectivity index (χ0n) is 12.1. The van der Waals surface area contributed by atoms with E-state index >= 15 is 0 Å². The summed E-state index contributed by atoms with van der Waals surface area (Å²) < 4.78 is 65.7. The van der Waals surface area contributed by atoms with Crippen LogP contribution < -0.4 is 4.72 Å². The summed E-state index contributed by atoms with van der Waals surface area (Å²) in [6.07, 6.45) is 0. The third-order valence-corrected chi connectivity index (χ3v) is 4.67. The van der Waals surface area contributed by atoms with Gasteiger partial charge in [-0.15, -0.1) is 0 Å². The molecule has 2 aromatic carbocycles. The second-order valence-electron chi connectivity index (χ2n) is 5.18. The lowest BCUT2D eigenvalue weighted by atomic mass is 9.96. The van der Waals surface area contributed by atoms with Gasteiger partial charge in [-0.2, -0.15) is 0 Å². The summed E-state index contributed by atoms with van der Waals surface area (Å²) in [4.78, 5) is -0.854. The van der Waals surface area contributed by atoms with Crippen molar-refractivity contribution in [2.24, 2.45) is 0 Å². The molecule has 4 nitrogen and oxygen atoms in total. The average Bonchev–Trinajstić information content (AvgIpc) is 2.48. The topological polar surface area (TPSA) is 66.4 Å². The molecule has 0 radical (unpaired) electrons. The van der Waals surface area contributed by atoms with Crippen LogP contribution in [0.4, 0.5) is 13.2 Å². The zero-order valence-corrected chi connectivity index (χ0v) is 12.9. The van der Waals surface area contributed by atoms with E-state index in [4.69, 9.17) is 0 Å². The second-order valence-corrected chi connectivity index (χ2v) is 6.92. The summed E-state index contributed by atoms with van der Waals surface area (Å²) >= 11 is 0. The van der Waals surface area contributed by atoms with E-state index in [0.29, 0.717) is 12.1 Å².